The molecule has 0 bridgehead atoms. The number of benzene rings is 1. The van der Waals surface area contributed by atoms with E-state index in [9.17, 15) is 8.42 Å². The molecular formula is C9H12BrNO3S. The summed E-state index contributed by atoms with van der Waals surface area (Å²) in [7, 11) is -1.96. The van der Waals surface area contributed by atoms with E-state index in [4.69, 9.17) is 4.74 Å². The first kappa shape index (κ1) is 12.5. The quantitative estimate of drug-likeness (QED) is 0.920. The highest BCUT2D eigenvalue weighted by Gasteiger charge is 2.17. The van der Waals surface area contributed by atoms with Gasteiger partial charge in [0.15, 0.2) is 0 Å². The molecule has 0 aliphatic heterocycles. The maximum Gasteiger partial charge on any atom is 0.241 e. The highest BCUT2D eigenvalue weighted by atomic mass is 79.9. The molecule has 0 radical (unpaired) electrons. The van der Waals surface area contributed by atoms with Crippen LogP contribution in [0, 0.1) is 0 Å². The van der Waals surface area contributed by atoms with Gasteiger partial charge >= 0.3 is 0 Å². The third-order valence-corrected chi connectivity index (χ3v) is 4.30. The Morgan fingerprint density at radius 3 is 2.67 bits per heavy atom. The van der Waals surface area contributed by atoms with Gasteiger partial charge in [-0.25, -0.2) is 13.1 Å². The van der Waals surface area contributed by atoms with Gasteiger partial charge in [0.2, 0.25) is 10.0 Å². The van der Waals surface area contributed by atoms with E-state index in [1.807, 2.05) is 0 Å². The lowest BCUT2D eigenvalue weighted by Gasteiger charge is -2.08. The second kappa shape index (κ2) is 4.96. The number of nitrogens with one attached hydrogen (secondary N) is 1. The van der Waals surface area contributed by atoms with Crippen molar-refractivity contribution in [1.29, 1.82) is 0 Å². The van der Waals surface area contributed by atoms with Gasteiger partial charge in [0.25, 0.3) is 0 Å². The summed E-state index contributed by atoms with van der Waals surface area (Å²) < 4.78 is 31.4. The molecule has 1 aromatic carbocycles. The fraction of sp³-hybridized carbons (Fsp3) is 0.333. The van der Waals surface area contributed by atoms with Crippen LogP contribution >= 0.6 is 15.9 Å². The first-order chi connectivity index (χ1) is 7.01. The van der Waals surface area contributed by atoms with Gasteiger partial charge in [0.05, 0.1) is 12.0 Å². The van der Waals surface area contributed by atoms with E-state index in [-0.39, 0.29) is 4.90 Å². The van der Waals surface area contributed by atoms with Gasteiger partial charge in [-0.05, 0) is 28.1 Å². The van der Waals surface area contributed by atoms with Crippen LogP contribution in [0.25, 0.3) is 0 Å². The van der Waals surface area contributed by atoms with Crippen molar-refractivity contribution in [1.82, 2.24) is 4.72 Å². The van der Waals surface area contributed by atoms with E-state index in [1.54, 1.807) is 19.1 Å². The Balaban J connectivity index is 3.24. The van der Waals surface area contributed by atoms with Crippen molar-refractivity contribution in [3.05, 3.63) is 22.7 Å². The number of methoxy groups -OCH3 is 1. The fourth-order valence-corrected chi connectivity index (χ4v) is 3.10. The number of rotatable bonds is 4. The number of ether oxygens (including phenoxy) is 1. The minimum atomic E-state index is -3.45. The zero-order valence-electron chi connectivity index (χ0n) is 8.45. The molecule has 0 spiro atoms. The molecule has 0 aromatic heterocycles. The molecule has 4 nitrogen and oxygen atoms in total. The highest BCUT2D eigenvalue weighted by molar-refractivity contribution is 9.10. The van der Waals surface area contributed by atoms with Crippen molar-refractivity contribution in [2.24, 2.45) is 0 Å². The standard InChI is InChI=1S/C9H12BrNO3S/c1-3-11-15(12,13)9-6-7(14-2)4-5-8(9)10/h4-6,11H,3H2,1-2H3. The van der Waals surface area contributed by atoms with Crippen LogP contribution in [0.5, 0.6) is 5.75 Å². The summed E-state index contributed by atoms with van der Waals surface area (Å²) in [6, 6.07) is 4.81. The van der Waals surface area contributed by atoms with Gasteiger partial charge in [0, 0.05) is 17.1 Å². The predicted molar refractivity (Wildman–Crippen MR) is 61.6 cm³/mol. The average Bonchev–Trinajstić information content (AvgIpc) is 2.18. The minimum Gasteiger partial charge on any atom is -0.497 e. The summed E-state index contributed by atoms with van der Waals surface area (Å²) in [5, 5.41) is 0. The Labute approximate surface area is 97.8 Å². The lowest BCUT2D eigenvalue weighted by atomic mass is 10.3. The van der Waals surface area contributed by atoms with Crippen LogP contribution in [0.4, 0.5) is 0 Å². The fourth-order valence-electron chi connectivity index (χ4n) is 1.08. The summed E-state index contributed by atoms with van der Waals surface area (Å²) in [5.41, 5.74) is 0. The van der Waals surface area contributed by atoms with Crippen LogP contribution in [-0.2, 0) is 10.0 Å². The molecule has 0 saturated carbocycles. The van der Waals surface area contributed by atoms with E-state index in [0.29, 0.717) is 16.8 Å². The SMILES string of the molecule is CCNS(=O)(=O)c1cc(OC)ccc1Br. The normalized spacial score (nSPS) is 11.4. The Kier molecular flexibility index (Phi) is 4.12. The van der Waals surface area contributed by atoms with Gasteiger partial charge in [-0.3, -0.25) is 0 Å². The van der Waals surface area contributed by atoms with Crippen molar-refractivity contribution < 1.29 is 13.2 Å². The third kappa shape index (κ3) is 2.93. The lowest BCUT2D eigenvalue weighted by molar-refractivity contribution is 0.413. The third-order valence-electron chi connectivity index (χ3n) is 1.76. The second-order valence-corrected chi connectivity index (χ2v) is 5.39. The van der Waals surface area contributed by atoms with Crippen molar-refractivity contribution in [2.45, 2.75) is 11.8 Å². The molecule has 0 fully saturated rings. The topological polar surface area (TPSA) is 55.4 Å². The van der Waals surface area contributed by atoms with Crippen molar-refractivity contribution in [3.8, 4) is 5.75 Å². The van der Waals surface area contributed by atoms with Crippen LogP contribution in [0.3, 0.4) is 0 Å². The summed E-state index contributed by atoms with van der Waals surface area (Å²) in [4.78, 5) is 0.184. The Morgan fingerprint density at radius 1 is 1.47 bits per heavy atom. The summed E-state index contributed by atoms with van der Waals surface area (Å²) >= 11 is 3.19. The van der Waals surface area contributed by atoms with E-state index >= 15 is 0 Å². The molecule has 0 aliphatic carbocycles. The Bertz CT molecular complexity index is 445. The van der Waals surface area contributed by atoms with Gasteiger partial charge in [-0.1, -0.05) is 6.92 Å². The zero-order valence-corrected chi connectivity index (χ0v) is 10.9. The summed E-state index contributed by atoms with van der Waals surface area (Å²) in [5.74, 6) is 0.509. The lowest BCUT2D eigenvalue weighted by Crippen LogP contribution is -2.23. The molecule has 0 aliphatic rings. The van der Waals surface area contributed by atoms with Gasteiger partial charge in [-0.15, -0.1) is 0 Å². The van der Waals surface area contributed by atoms with E-state index < -0.39 is 10.0 Å². The number of hydrogen-bond acceptors (Lipinski definition) is 3. The summed E-state index contributed by atoms with van der Waals surface area (Å²) in [6.45, 7) is 2.08. The summed E-state index contributed by atoms with van der Waals surface area (Å²) in [6.07, 6.45) is 0. The zero-order chi connectivity index (χ0) is 11.5. The van der Waals surface area contributed by atoms with Crippen LogP contribution in [0.1, 0.15) is 6.92 Å². The van der Waals surface area contributed by atoms with Gasteiger partial charge in [-0.2, -0.15) is 0 Å². The van der Waals surface area contributed by atoms with E-state index in [0.717, 1.165) is 0 Å². The monoisotopic (exact) mass is 293 g/mol. The second-order valence-electron chi connectivity index (χ2n) is 2.80. The van der Waals surface area contributed by atoms with Crippen molar-refractivity contribution in [3.63, 3.8) is 0 Å². The molecule has 0 saturated heterocycles. The number of halogens is 1. The van der Waals surface area contributed by atoms with Gasteiger partial charge in [0.1, 0.15) is 5.75 Å². The largest absolute Gasteiger partial charge is 0.497 e. The molecular weight excluding hydrogens is 282 g/mol. The molecule has 1 aromatic rings. The molecule has 0 amide bonds. The first-order valence-corrected chi connectivity index (χ1v) is 6.62. The molecule has 0 atom stereocenters. The number of sulfonamides is 1. The van der Waals surface area contributed by atoms with Crippen LogP contribution in [0.15, 0.2) is 27.6 Å². The maximum absolute atomic E-state index is 11.7. The van der Waals surface area contributed by atoms with Crippen LogP contribution in [0.2, 0.25) is 0 Å². The van der Waals surface area contributed by atoms with E-state index in [1.165, 1.54) is 13.2 Å². The average molecular weight is 294 g/mol. The molecule has 1 N–H and O–H groups in total. The van der Waals surface area contributed by atoms with E-state index in [2.05, 4.69) is 20.7 Å². The van der Waals surface area contributed by atoms with Crippen LogP contribution in [-0.4, -0.2) is 22.1 Å². The minimum absolute atomic E-state index is 0.184. The molecule has 15 heavy (non-hydrogen) atoms. The number of hydrogen-bond donors (Lipinski definition) is 1. The molecule has 0 heterocycles. The Morgan fingerprint density at radius 2 is 2.13 bits per heavy atom. The molecule has 84 valence electrons. The molecule has 1 rings (SSSR count). The first-order valence-electron chi connectivity index (χ1n) is 4.34. The van der Waals surface area contributed by atoms with Crippen LogP contribution < -0.4 is 9.46 Å². The predicted octanol–water partition coefficient (Wildman–Crippen LogP) is 1.76. The van der Waals surface area contributed by atoms with Gasteiger partial charge < -0.3 is 4.74 Å². The maximum atomic E-state index is 11.7. The molecule has 6 heteroatoms. The van der Waals surface area contributed by atoms with Crippen molar-refractivity contribution >= 4 is 26.0 Å². The highest BCUT2D eigenvalue weighted by Crippen LogP contribution is 2.26. The van der Waals surface area contributed by atoms with Crippen molar-refractivity contribution in [2.75, 3.05) is 13.7 Å². The smallest absolute Gasteiger partial charge is 0.241 e. The molecule has 0 unspecified atom stereocenters. The Hall–Kier alpha value is -0.590.